The molecule has 0 N–H and O–H groups in total. The molecular formula is C12H14FNO5. The van der Waals surface area contributed by atoms with Gasteiger partial charge in [0.05, 0.1) is 17.1 Å². The monoisotopic (exact) mass is 271 g/mol. The number of hydrogen-bond donors (Lipinski definition) is 0. The smallest absolute Gasteiger partial charge is 0.338 e. The van der Waals surface area contributed by atoms with Gasteiger partial charge in [-0.05, 0) is 26.0 Å². The van der Waals surface area contributed by atoms with E-state index in [1.807, 2.05) is 0 Å². The Bertz CT molecular complexity index is 477. The first kappa shape index (κ1) is 15.0. The van der Waals surface area contributed by atoms with E-state index in [4.69, 9.17) is 9.47 Å². The van der Waals surface area contributed by atoms with Crippen molar-refractivity contribution in [1.82, 2.24) is 0 Å². The lowest BCUT2D eigenvalue weighted by Crippen LogP contribution is -2.20. The molecule has 0 aliphatic heterocycles. The zero-order valence-electron chi connectivity index (χ0n) is 10.6. The standard InChI is InChI=1S/C12H14FNO5/c1-3-18-7-8(2)19-12(15)9-4-5-11(14(16)17)10(13)6-9/h4-6,8H,3,7H2,1-2H3. The Hall–Kier alpha value is -2.02. The maximum absolute atomic E-state index is 13.3. The largest absolute Gasteiger partial charge is 0.457 e. The second kappa shape index (κ2) is 6.79. The van der Waals surface area contributed by atoms with Crippen molar-refractivity contribution in [3.05, 3.63) is 39.7 Å². The van der Waals surface area contributed by atoms with Crippen LogP contribution in [0.3, 0.4) is 0 Å². The van der Waals surface area contributed by atoms with Crippen LogP contribution in [-0.4, -0.2) is 30.2 Å². The number of nitrogens with zero attached hydrogens (tertiary/aromatic N) is 1. The van der Waals surface area contributed by atoms with Crippen LogP contribution in [0.15, 0.2) is 18.2 Å². The minimum absolute atomic E-state index is 0.0774. The third-order valence-electron chi connectivity index (χ3n) is 2.24. The average molecular weight is 271 g/mol. The number of carbonyl (C=O) groups is 1. The van der Waals surface area contributed by atoms with E-state index < -0.39 is 28.5 Å². The Kier molecular flexibility index (Phi) is 5.37. The fraction of sp³-hybridized carbons (Fsp3) is 0.417. The first-order valence-electron chi connectivity index (χ1n) is 5.68. The van der Waals surface area contributed by atoms with E-state index in [1.165, 1.54) is 0 Å². The lowest BCUT2D eigenvalue weighted by Gasteiger charge is -2.12. The quantitative estimate of drug-likeness (QED) is 0.450. The molecule has 1 aromatic rings. The molecule has 6 nitrogen and oxygen atoms in total. The summed E-state index contributed by atoms with van der Waals surface area (Å²) in [5.41, 5.74) is -0.759. The lowest BCUT2D eigenvalue weighted by atomic mass is 10.2. The van der Waals surface area contributed by atoms with Crippen molar-refractivity contribution in [3.8, 4) is 0 Å². The SMILES string of the molecule is CCOCC(C)OC(=O)c1ccc([N+](=O)[O-])c(F)c1. The van der Waals surface area contributed by atoms with E-state index in [9.17, 15) is 19.3 Å². The fourth-order valence-electron chi connectivity index (χ4n) is 1.35. The Morgan fingerprint density at radius 2 is 2.21 bits per heavy atom. The molecule has 0 amide bonds. The molecular weight excluding hydrogens is 257 g/mol. The highest BCUT2D eigenvalue weighted by atomic mass is 19.1. The van der Waals surface area contributed by atoms with Crippen LogP contribution in [0.2, 0.25) is 0 Å². The molecule has 0 spiro atoms. The Morgan fingerprint density at radius 1 is 1.53 bits per heavy atom. The van der Waals surface area contributed by atoms with Crippen molar-refractivity contribution < 1.29 is 23.6 Å². The normalized spacial score (nSPS) is 11.9. The molecule has 1 atom stereocenters. The van der Waals surface area contributed by atoms with Gasteiger partial charge >= 0.3 is 11.7 Å². The third kappa shape index (κ3) is 4.29. The molecule has 0 aliphatic carbocycles. The van der Waals surface area contributed by atoms with Crippen LogP contribution in [0.25, 0.3) is 0 Å². The molecule has 0 saturated carbocycles. The molecule has 0 fully saturated rings. The van der Waals surface area contributed by atoms with Crippen LogP contribution in [0, 0.1) is 15.9 Å². The molecule has 0 radical (unpaired) electrons. The number of halogens is 1. The second-order valence-corrected chi connectivity index (χ2v) is 3.80. The molecule has 19 heavy (non-hydrogen) atoms. The van der Waals surface area contributed by atoms with Gasteiger partial charge in [0.2, 0.25) is 5.82 Å². The number of carbonyl (C=O) groups excluding carboxylic acids is 1. The summed E-state index contributed by atoms with van der Waals surface area (Å²) in [6, 6.07) is 2.87. The number of esters is 1. The predicted octanol–water partition coefficient (Wildman–Crippen LogP) is 2.32. The van der Waals surface area contributed by atoms with Crippen LogP contribution in [0.4, 0.5) is 10.1 Å². The topological polar surface area (TPSA) is 78.7 Å². The summed E-state index contributed by atoms with van der Waals surface area (Å²) in [7, 11) is 0. The van der Waals surface area contributed by atoms with Gasteiger partial charge in [0.25, 0.3) is 0 Å². The second-order valence-electron chi connectivity index (χ2n) is 3.80. The van der Waals surface area contributed by atoms with Crippen molar-refractivity contribution in [3.63, 3.8) is 0 Å². The van der Waals surface area contributed by atoms with Gasteiger partial charge in [0.15, 0.2) is 0 Å². The number of hydrogen-bond acceptors (Lipinski definition) is 5. The lowest BCUT2D eigenvalue weighted by molar-refractivity contribution is -0.387. The Labute approximate surface area is 109 Å². The summed E-state index contributed by atoms with van der Waals surface area (Å²) in [5.74, 6) is -1.82. The van der Waals surface area contributed by atoms with Crippen molar-refractivity contribution in [2.45, 2.75) is 20.0 Å². The highest BCUT2D eigenvalue weighted by molar-refractivity contribution is 5.89. The highest BCUT2D eigenvalue weighted by Gasteiger charge is 2.18. The minimum atomic E-state index is -1.07. The van der Waals surface area contributed by atoms with Crippen molar-refractivity contribution >= 4 is 11.7 Å². The van der Waals surface area contributed by atoms with Crippen LogP contribution in [0.5, 0.6) is 0 Å². The molecule has 0 aromatic heterocycles. The van der Waals surface area contributed by atoms with Gasteiger partial charge in [0.1, 0.15) is 6.10 Å². The maximum atomic E-state index is 13.3. The summed E-state index contributed by atoms with van der Waals surface area (Å²) in [5, 5.41) is 10.4. The van der Waals surface area contributed by atoms with Crippen molar-refractivity contribution in [2.75, 3.05) is 13.2 Å². The third-order valence-corrected chi connectivity index (χ3v) is 2.24. The Balaban J connectivity index is 2.72. The minimum Gasteiger partial charge on any atom is -0.457 e. The van der Waals surface area contributed by atoms with Gasteiger partial charge in [-0.2, -0.15) is 4.39 Å². The zero-order valence-corrected chi connectivity index (χ0v) is 10.6. The van der Waals surface area contributed by atoms with Crippen molar-refractivity contribution in [2.24, 2.45) is 0 Å². The summed E-state index contributed by atoms with van der Waals surface area (Å²) in [6.07, 6.45) is -0.481. The van der Waals surface area contributed by atoms with Gasteiger partial charge in [-0.3, -0.25) is 10.1 Å². The number of nitro groups is 1. The summed E-state index contributed by atoms with van der Waals surface area (Å²) in [6.45, 7) is 4.17. The zero-order chi connectivity index (χ0) is 14.4. The summed E-state index contributed by atoms with van der Waals surface area (Å²) < 4.78 is 23.4. The maximum Gasteiger partial charge on any atom is 0.338 e. The molecule has 1 rings (SSSR count). The van der Waals surface area contributed by atoms with E-state index in [2.05, 4.69) is 0 Å². The van der Waals surface area contributed by atoms with Crippen LogP contribution >= 0.6 is 0 Å². The molecule has 0 heterocycles. The van der Waals surface area contributed by atoms with E-state index >= 15 is 0 Å². The summed E-state index contributed by atoms with van der Waals surface area (Å²) >= 11 is 0. The van der Waals surface area contributed by atoms with E-state index in [0.29, 0.717) is 6.61 Å². The van der Waals surface area contributed by atoms with Crippen molar-refractivity contribution in [1.29, 1.82) is 0 Å². The number of nitro benzene ring substituents is 1. The van der Waals surface area contributed by atoms with Crippen LogP contribution < -0.4 is 0 Å². The molecule has 104 valence electrons. The predicted molar refractivity (Wildman–Crippen MR) is 64.4 cm³/mol. The van der Waals surface area contributed by atoms with Gasteiger partial charge in [0, 0.05) is 12.7 Å². The number of ether oxygens (including phenoxy) is 2. The van der Waals surface area contributed by atoms with Crippen LogP contribution in [0.1, 0.15) is 24.2 Å². The van der Waals surface area contributed by atoms with Gasteiger partial charge in [-0.25, -0.2) is 4.79 Å². The summed E-state index contributed by atoms with van der Waals surface area (Å²) in [4.78, 5) is 21.2. The highest BCUT2D eigenvalue weighted by Crippen LogP contribution is 2.18. The molecule has 1 aromatic carbocycles. The average Bonchev–Trinajstić information content (AvgIpc) is 2.35. The molecule has 0 aliphatic rings. The molecule has 0 saturated heterocycles. The molecule has 1 unspecified atom stereocenters. The van der Waals surface area contributed by atoms with Gasteiger partial charge < -0.3 is 9.47 Å². The van der Waals surface area contributed by atoms with E-state index in [1.54, 1.807) is 13.8 Å². The first-order chi connectivity index (χ1) is 8.95. The number of benzene rings is 1. The first-order valence-corrected chi connectivity index (χ1v) is 5.68. The van der Waals surface area contributed by atoms with Gasteiger partial charge in [-0.1, -0.05) is 0 Å². The fourth-order valence-corrected chi connectivity index (χ4v) is 1.35. The van der Waals surface area contributed by atoms with Gasteiger partial charge in [-0.15, -0.1) is 0 Å². The molecule has 0 bridgehead atoms. The number of rotatable bonds is 6. The van der Waals surface area contributed by atoms with E-state index in [-0.39, 0.29) is 12.2 Å². The molecule has 7 heteroatoms. The van der Waals surface area contributed by atoms with Crippen LogP contribution in [-0.2, 0) is 9.47 Å². The Morgan fingerprint density at radius 3 is 2.74 bits per heavy atom. The van der Waals surface area contributed by atoms with E-state index in [0.717, 1.165) is 18.2 Å².